The number of carbonyl (C=O) groups is 2. The maximum Gasteiger partial charge on any atom is 0.341 e. The van der Waals surface area contributed by atoms with E-state index in [1.54, 1.807) is 24.3 Å². The Morgan fingerprint density at radius 2 is 2.00 bits per heavy atom. The third-order valence-electron chi connectivity index (χ3n) is 2.10. The van der Waals surface area contributed by atoms with E-state index in [0.29, 0.717) is 6.42 Å². The summed E-state index contributed by atoms with van der Waals surface area (Å²) in [6, 6.07) is 6.48. The fourth-order valence-corrected chi connectivity index (χ4v) is 1.25. The number of esters is 2. The Labute approximate surface area is 101 Å². The van der Waals surface area contributed by atoms with Crippen LogP contribution in [0.2, 0.25) is 0 Å². The van der Waals surface area contributed by atoms with Gasteiger partial charge in [0, 0.05) is 0 Å². The predicted molar refractivity (Wildman–Crippen MR) is 62.6 cm³/mol. The third kappa shape index (κ3) is 3.90. The van der Waals surface area contributed by atoms with Gasteiger partial charge in [-0.3, -0.25) is 4.79 Å². The average molecular weight is 235 g/mol. The molecular weight excluding hydrogens is 220 g/mol. The van der Waals surface area contributed by atoms with E-state index in [1.165, 1.54) is 13.5 Å². The molecule has 17 heavy (non-hydrogen) atoms. The minimum absolute atomic E-state index is 0.219. The van der Waals surface area contributed by atoms with Crippen LogP contribution in [-0.2, 0) is 9.53 Å². The molecule has 0 atom stereocenters. The van der Waals surface area contributed by atoms with Crippen molar-refractivity contribution >= 4 is 11.9 Å². The highest BCUT2D eigenvalue weighted by atomic mass is 16.5. The normalized spacial score (nSPS) is 9.76. The number of benzene rings is 1. The van der Waals surface area contributed by atoms with Gasteiger partial charge < -0.3 is 9.47 Å². The third-order valence-corrected chi connectivity index (χ3v) is 2.10. The number of hydrogen-bond donors (Lipinski definition) is 0. The van der Waals surface area contributed by atoms with E-state index >= 15 is 0 Å². The molecule has 1 aromatic carbocycles. The van der Waals surface area contributed by atoms with Gasteiger partial charge in [-0.25, -0.2) is 4.79 Å². The highest BCUT2D eigenvalue weighted by Crippen LogP contribution is 2.19. The summed E-state index contributed by atoms with van der Waals surface area (Å²) in [6.45, 7) is 1.96. The zero-order valence-corrected chi connectivity index (χ0v) is 9.93. The Balaban J connectivity index is 2.76. The standard InChI is InChI=1S/C13H15O4/c1-3-4-9-12(14)17-11-8-6-5-7-10(11)13(15)16-2/h5-9H,3-4H2,1-2H3. The monoisotopic (exact) mass is 235 g/mol. The molecule has 0 fully saturated rings. The van der Waals surface area contributed by atoms with E-state index < -0.39 is 11.9 Å². The van der Waals surface area contributed by atoms with Gasteiger partial charge in [0.05, 0.1) is 13.5 Å². The minimum atomic E-state index is -0.524. The molecule has 0 aliphatic carbocycles. The van der Waals surface area contributed by atoms with Crippen LogP contribution in [0.5, 0.6) is 5.75 Å². The van der Waals surface area contributed by atoms with E-state index in [4.69, 9.17) is 4.74 Å². The lowest BCUT2D eigenvalue weighted by Crippen LogP contribution is -2.12. The Kier molecular flexibility index (Phi) is 5.20. The molecule has 1 rings (SSSR count). The lowest BCUT2D eigenvalue weighted by Gasteiger charge is -2.07. The van der Waals surface area contributed by atoms with Gasteiger partial charge in [-0.2, -0.15) is 0 Å². The lowest BCUT2D eigenvalue weighted by atomic mass is 10.2. The fraction of sp³-hybridized carbons (Fsp3) is 0.308. The number of carbonyl (C=O) groups excluding carboxylic acids is 2. The summed E-state index contributed by atoms with van der Waals surface area (Å²) in [6.07, 6.45) is 2.97. The molecular formula is C13H15O4. The summed E-state index contributed by atoms with van der Waals surface area (Å²) in [5, 5.41) is 0. The molecule has 0 spiro atoms. The first-order valence-electron chi connectivity index (χ1n) is 5.41. The largest absolute Gasteiger partial charge is 0.465 e. The van der Waals surface area contributed by atoms with E-state index in [9.17, 15) is 9.59 Å². The molecule has 0 aliphatic heterocycles. The van der Waals surface area contributed by atoms with Crippen molar-refractivity contribution in [3.05, 3.63) is 36.2 Å². The molecule has 1 aromatic rings. The van der Waals surface area contributed by atoms with Crippen LogP contribution in [0.3, 0.4) is 0 Å². The molecule has 0 N–H and O–H groups in total. The molecule has 0 unspecified atom stereocenters. The predicted octanol–water partition coefficient (Wildman–Crippen LogP) is 2.38. The molecule has 0 aliphatic rings. The van der Waals surface area contributed by atoms with Gasteiger partial charge in [0.2, 0.25) is 0 Å². The Morgan fingerprint density at radius 1 is 1.29 bits per heavy atom. The fourth-order valence-electron chi connectivity index (χ4n) is 1.25. The molecule has 0 aromatic heterocycles. The Hall–Kier alpha value is -1.84. The second-order valence-electron chi connectivity index (χ2n) is 3.40. The van der Waals surface area contributed by atoms with Crippen molar-refractivity contribution in [3.63, 3.8) is 0 Å². The van der Waals surface area contributed by atoms with E-state index in [-0.39, 0.29) is 11.3 Å². The summed E-state index contributed by atoms with van der Waals surface area (Å²) < 4.78 is 9.67. The van der Waals surface area contributed by atoms with E-state index in [1.807, 2.05) is 6.92 Å². The Morgan fingerprint density at radius 3 is 2.65 bits per heavy atom. The number of rotatable bonds is 5. The number of hydrogen-bond acceptors (Lipinski definition) is 4. The Bertz CT molecular complexity index is 398. The van der Waals surface area contributed by atoms with Gasteiger partial charge in [0.15, 0.2) is 0 Å². The van der Waals surface area contributed by atoms with E-state index in [2.05, 4.69) is 4.74 Å². The molecule has 0 bridgehead atoms. The van der Waals surface area contributed by atoms with Crippen LogP contribution < -0.4 is 4.74 Å². The van der Waals surface area contributed by atoms with Gasteiger partial charge in [0.1, 0.15) is 11.3 Å². The van der Waals surface area contributed by atoms with Crippen molar-refractivity contribution < 1.29 is 19.1 Å². The van der Waals surface area contributed by atoms with Crippen molar-refractivity contribution in [2.24, 2.45) is 0 Å². The molecule has 4 heteroatoms. The average Bonchev–Trinajstić information content (AvgIpc) is 2.36. The zero-order chi connectivity index (χ0) is 12.7. The summed E-state index contributed by atoms with van der Waals surface area (Å²) in [5.74, 6) is -0.760. The highest BCUT2D eigenvalue weighted by molar-refractivity contribution is 5.94. The van der Waals surface area contributed by atoms with Crippen LogP contribution in [0, 0.1) is 6.42 Å². The zero-order valence-electron chi connectivity index (χ0n) is 9.93. The van der Waals surface area contributed by atoms with Crippen LogP contribution >= 0.6 is 0 Å². The first-order chi connectivity index (χ1) is 8.19. The maximum absolute atomic E-state index is 11.4. The van der Waals surface area contributed by atoms with Crippen molar-refractivity contribution in [3.8, 4) is 5.75 Å². The van der Waals surface area contributed by atoms with Gasteiger partial charge in [-0.05, 0) is 18.6 Å². The van der Waals surface area contributed by atoms with Crippen LogP contribution in [-0.4, -0.2) is 19.0 Å². The molecule has 4 nitrogen and oxygen atoms in total. The summed E-state index contributed by atoms with van der Waals surface area (Å²) in [7, 11) is 1.28. The summed E-state index contributed by atoms with van der Waals surface area (Å²) >= 11 is 0. The van der Waals surface area contributed by atoms with Crippen LogP contribution in [0.15, 0.2) is 24.3 Å². The van der Waals surface area contributed by atoms with Gasteiger partial charge in [0.25, 0.3) is 0 Å². The molecule has 0 heterocycles. The maximum atomic E-state index is 11.4. The second kappa shape index (κ2) is 6.68. The molecule has 0 saturated carbocycles. The van der Waals surface area contributed by atoms with Crippen molar-refractivity contribution in [2.75, 3.05) is 7.11 Å². The van der Waals surface area contributed by atoms with Crippen LogP contribution in [0.4, 0.5) is 0 Å². The summed E-state index contributed by atoms with van der Waals surface area (Å²) in [4.78, 5) is 22.8. The molecule has 0 amide bonds. The topological polar surface area (TPSA) is 52.6 Å². The van der Waals surface area contributed by atoms with Gasteiger partial charge in [-0.15, -0.1) is 0 Å². The van der Waals surface area contributed by atoms with Crippen molar-refractivity contribution in [2.45, 2.75) is 19.8 Å². The quantitative estimate of drug-likeness (QED) is 0.580. The number of para-hydroxylation sites is 1. The van der Waals surface area contributed by atoms with Crippen molar-refractivity contribution in [1.82, 2.24) is 0 Å². The number of methoxy groups -OCH3 is 1. The first-order valence-corrected chi connectivity index (χ1v) is 5.41. The molecule has 0 saturated heterocycles. The van der Waals surface area contributed by atoms with Crippen LogP contribution in [0.25, 0.3) is 0 Å². The molecule has 1 radical (unpaired) electrons. The van der Waals surface area contributed by atoms with E-state index in [0.717, 1.165) is 6.42 Å². The van der Waals surface area contributed by atoms with Gasteiger partial charge in [-0.1, -0.05) is 25.5 Å². The SMILES string of the molecule is CCC[CH]C(=O)Oc1ccccc1C(=O)OC. The highest BCUT2D eigenvalue weighted by Gasteiger charge is 2.14. The smallest absolute Gasteiger partial charge is 0.341 e. The van der Waals surface area contributed by atoms with Gasteiger partial charge >= 0.3 is 11.9 Å². The molecule has 91 valence electrons. The number of ether oxygens (including phenoxy) is 2. The van der Waals surface area contributed by atoms with Crippen molar-refractivity contribution in [1.29, 1.82) is 0 Å². The number of unbranched alkanes of at least 4 members (excludes halogenated alkanes) is 1. The summed E-state index contributed by atoms with van der Waals surface area (Å²) in [5.41, 5.74) is 0.244. The second-order valence-corrected chi connectivity index (χ2v) is 3.40. The lowest BCUT2D eigenvalue weighted by molar-refractivity contribution is -0.130. The van der Waals surface area contributed by atoms with Crippen LogP contribution in [0.1, 0.15) is 30.1 Å². The minimum Gasteiger partial charge on any atom is -0.465 e. The first kappa shape index (κ1) is 13.2.